The van der Waals surface area contributed by atoms with Crippen LogP contribution in [0.25, 0.3) is 0 Å². The van der Waals surface area contributed by atoms with Crippen molar-refractivity contribution in [2.24, 2.45) is 5.92 Å². The predicted octanol–water partition coefficient (Wildman–Crippen LogP) is 2.12. The Bertz CT molecular complexity index is 677. The van der Waals surface area contributed by atoms with Gasteiger partial charge in [-0.25, -0.2) is 12.7 Å². The molecule has 0 unspecified atom stereocenters. The highest BCUT2D eigenvalue weighted by Crippen LogP contribution is 2.25. The molecule has 0 heterocycles. The summed E-state index contributed by atoms with van der Waals surface area (Å²) in [5, 5.41) is 12.1. The molecule has 8 heteroatoms. The van der Waals surface area contributed by atoms with Gasteiger partial charge in [0.25, 0.3) is 5.91 Å². The summed E-state index contributed by atoms with van der Waals surface area (Å²) in [6, 6.07) is 4.10. The van der Waals surface area contributed by atoms with Gasteiger partial charge in [0.15, 0.2) is 0 Å². The molecule has 0 saturated carbocycles. The van der Waals surface area contributed by atoms with Gasteiger partial charge in [-0.05, 0) is 37.0 Å². The van der Waals surface area contributed by atoms with Crippen LogP contribution >= 0.6 is 11.6 Å². The highest BCUT2D eigenvalue weighted by atomic mass is 35.5. The molecular weight excluding hydrogens is 352 g/mol. The van der Waals surface area contributed by atoms with Crippen molar-refractivity contribution < 1.29 is 18.3 Å². The van der Waals surface area contributed by atoms with E-state index in [1.165, 1.54) is 32.3 Å². The highest BCUT2D eigenvalue weighted by molar-refractivity contribution is 7.89. The standard InChI is InChI=1S/C16H25ClN2O4S/c1-5-13(8-11(2)10-20)18-16(21)12-6-7-14(17)15(9-12)24(22,23)19(3)4/h6-7,9,11,13,20H,5,8,10H2,1-4H3,(H,18,21)/t11-,13+/m1/s1. The van der Waals surface area contributed by atoms with Gasteiger partial charge >= 0.3 is 0 Å². The molecule has 2 atom stereocenters. The molecule has 2 N–H and O–H groups in total. The summed E-state index contributed by atoms with van der Waals surface area (Å²) in [5.41, 5.74) is 0.231. The summed E-state index contributed by atoms with van der Waals surface area (Å²) in [4.78, 5) is 12.3. The summed E-state index contributed by atoms with van der Waals surface area (Å²) in [7, 11) is -0.923. The second-order valence-corrected chi connectivity index (χ2v) is 8.56. The zero-order valence-electron chi connectivity index (χ0n) is 14.4. The average molecular weight is 377 g/mol. The smallest absolute Gasteiger partial charge is 0.251 e. The Morgan fingerprint density at radius 2 is 2.00 bits per heavy atom. The number of halogens is 1. The number of hydrogen-bond donors (Lipinski definition) is 2. The minimum atomic E-state index is -3.73. The molecule has 6 nitrogen and oxygen atoms in total. The van der Waals surface area contributed by atoms with E-state index in [2.05, 4.69) is 5.32 Å². The van der Waals surface area contributed by atoms with Gasteiger partial charge in [-0.2, -0.15) is 0 Å². The topological polar surface area (TPSA) is 86.7 Å². The van der Waals surface area contributed by atoms with Crippen LogP contribution in [0.15, 0.2) is 23.1 Å². The molecule has 1 rings (SSSR count). The number of aliphatic hydroxyl groups excluding tert-OH is 1. The van der Waals surface area contributed by atoms with Crippen molar-refractivity contribution in [1.82, 2.24) is 9.62 Å². The zero-order chi connectivity index (χ0) is 18.5. The molecule has 0 aliphatic carbocycles. The summed E-state index contributed by atoms with van der Waals surface area (Å²) < 4.78 is 25.6. The number of aliphatic hydroxyl groups is 1. The Balaban J connectivity index is 3.04. The number of rotatable bonds is 8. The lowest BCUT2D eigenvalue weighted by atomic mass is 10.0. The number of sulfonamides is 1. The van der Waals surface area contributed by atoms with Crippen LogP contribution in [0.4, 0.5) is 0 Å². The normalized spacial score (nSPS) is 14.5. The maximum Gasteiger partial charge on any atom is 0.251 e. The van der Waals surface area contributed by atoms with Gasteiger partial charge in [-0.15, -0.1) is 0 Å². The van der Waals surface area contributed by atoms with E-state index in [-0.39, 0.29) is 40.0 Å². The van der Waals surface area contributed by atoms with E-state index in [9.17, 15) is 13.2 Å². The third-order valence-corrected chi connectivity index (χ3v) is 6.08. The van der Waals surface area contributed by atoms with E-state index in [0.717, 1.165) is 4.31 Å². The van der Waals surface area contributed by atoms with Crippen molar-refractivity contribution in [2.75, 3.05) is 20.7 Å². The SMILES string of the molecule is CC[C@@H](C[C@@H](C)CO)NC(=O)c1ccc(Cl)c(S(=O)(=O)N(C)C)c1. The number of nitrogens with one attached hydrogen (secondary N) is 1. The summed E-state index contributed by atoms with van der Waals surface area (Å²) >= 11 is 5.98. The van der Waals surface area contributed by atoms with Gasteiger partial charge < -0.3 is 10.4 Å². The Kier molecular flexibility index (Phi) is 7.66. The van der Waals surface area contributed by atoms with E-state index < -0.39 is 10.0 Å². The molecule has 1 amide bonds. The van der Waals surface area contributed by atoms with Crippen molar-refractivity contribution >= 4 is 27.5 Å². The van der Waals surface area contributed by atoms with Crippen LogP contribution in [0.1, 0.15) is 37.0 Å². The second-order valence-electron chi connectivity index (χ2n) is 6.03. The fourth-order valence-electron chi connectivity index (χ4n) is 2.20. The molecule has 0 aliphatic rings. The molecule has 24 heavy (non-hydrogen) atoms. The van der Waals surface area contributed by atoms with Crippen LogP contribution in [-0.4, -0.2) is 50.5 Å². The van der Waals surface area contributed by atoms with Gasteiger partial charge in [0.05, 0.1) is 5.02 Å². The maximum absolute atomic E-state index is 12.4. The molecular formula is C16H25ClN2O4S. The van der Waals surface area contributed by atoms with Gasteiger partial charge in [-0.3, -0.25) is 4.79 Å². The third kappa shape index (κ3) is 5.17. The highest BCUT2D eigenvalue weighted by Gasteiger charge is 2.23. The molecule has 0 saturated heterocycles. The average Bonchev–Trinajstić information content (AvgIpc) is 2.53. The fraction of sp³-hybridized carbons (Fsp3) is 0.562. The van der Waals surface area contributed by atoms with Crippen LogP contribution in [0.3, 0.4) is 0 Å². The summed E-state index contributed by atoms with van der Waals surface area (Å²) in [5.74, 6) is -0.288. The molecule has 0 fully saturated rings. The van der Waals surface area contributed by atoms with Crippen LogP contribution in [0, 0.1) is 5.92 Å². The lowest BCUT2D eigenvalue weighted by Crippen LogP contribution is -2.36. The molecule has 0 radical (unpaired) electrons. The number of benzene rings is 1. The van der Waals surface area contributed by atoms with Crippen molar-refractivity contribution in [3.8, 4) is 0 Å². The fourth-order valence-corrected chi connectivity index (χ4v) is 3.59. The number of hydrogen-bond acceptors (Lipinski definition) is 4. The second kappa shape index (κ2) is 8.80. The minimum absolute atomic E-state index is 0.0541. The van der Waals surface area contributed by atoms with Gasteiger partial charge in [-0.1, -0.05) is 25.4 Å². The van der Waals surface area contributed by atoms with E-state index in [1.54, 1.807) is 0 Å². The maximum atomic E-state index is 12.4. The predicted molar refractivity (Wildman–Crippen MR) is 94.7 cm³/mol. The van der Waals surface area contributed by atoms with Crippen LogP contribution in [0.5, 0.6) is 0 Å². The molecule has 136 valence electrons. The molecule has 0 bridgehead atoms. The van der Waals surface area contributed by atoms with Crippen LogP contribution < -0.4 is 5.32 Å². The number of carbonyl (C=O) groups is 1. The Hall–Kier alpha value is -1.15. The monoisotopic (exact) mass is 376 g/mol. The number of nitrogens with zero attached hydrogens (tertiary/aromatic N) is 1. The first-order chi connectivity index (χ1) is 11.1. The van der Waals surface area contributed by atoms with Crippen molar-refractivity contribution in [3.05, 3.63) is 28.8 Å². The molecule has 1 aromatic carbocycles. The lowest BCUT2D eigenvalue weighted by Gasteiger charge is -2.20. The van der Waals surface area contributed by atoms with Crippen LogP contribution in [-0.2, 0) is 10.0 Å². The zero-order valence-corrected chi connectivity index (χ0v) is 16.0. The van der Waals surface area contributed by atoms with Crippen molar-refractivity contribution in [1.29, 1.82) is 0 Å². The van der Waals surface area contributed by atoms with Gasteiger partial charge in [0.2, 0.25) is 10.0 Å². The summed E-state index contributed by atoms with van der Waals surface area (Å²) in [6.45, 7) is 3.90. The first kappa shape index (κ1) is 20.9. The van der Waals surface area contributed by atoms with E-state index >= 15 is 0 Å². The van der Waals surface area contributed by atoms with Crippen molar-refractivity contribution in [2.45, 2.75) is 37.6 Å². The van der Waals surface area contributed by atoms with E-state index in [0.29, 0.717) is 12.8 Å². The summed E-state index contributed by atoms with van der Waals surface area (Å²) in [6.07, 6.45) is 1.36. The quantitative estimate of drug-likeness (QED) is 0.727. The molecule has 0 aromatic heterocycles. The molecule has 0 spiro atoms. The third-order valence-electron chi connectivity index (χ3n) is 3.78. The van der Waals surface area contributed by atoms with Gasteiger partial charge in [0.1, 0.15) is 4.90 Å². The molecule has 1 aromatic rings. The first-order valence-electron chi connectivity index (χ1n) is 7.77. The number of amides is 1. The minimum Gasteiger partial charge on any atom is -0.396 e. The molecule has 0 aliphatic heterocycles. The Morgan fingerprint density at radius 3 is 2.50 bits per heavy atom. The van der Waals surface area contributed by atoms with Crippen LogP contribution in [0.2, 0.25) is 5.02 Å². The largest absolute Gasteiger partial charge is 0.396 e. The van der Waals surface area contributed by atoms with E-state index in [1.807, 2.05) is 13.8 Å². The Labute approximate surface area is 148 Å². The number of carbonyl (C=O) groups excluding carboxylic acids is 1. The van der Waals surface area contributed by atoms with Crippen molar-refractivity contribution in [3.63, 3.8) is 0 Å². The first-order valence-corrected chi connectivity index (χ1v) is 9.59. The lowest BCUT2D eigenvalue weighted by molar-refractivity contribution is 0.0925. The van der Waals surface area contributed by atoms with E-state index in [4.69, 9.17) is 16.7 Å². The van der Waals surface area contributed by atoms with Gasteiger partial charge in [0, 0.05) is 32.3 Å². The Morgan fingerprint density at radius 1 is 1.38 bits per heavy atom.